The summed E-state index contributed by atoms with van der Waals surface area (Å²) in [5.74, 6) is -3.60. The van der Waals surface area contributed by atoms with Crippen LogP contribution in [0.15, 0.2) is 12.1 Å². The molecule has 1 aromatic carbocycles. The molecule has 1 aliphatic rings. The molecule has 14 nitrogen and oxygen atoms in total. The van der Waals surface area contributed by atoms with Gasteiger partial charge < -0.3 is 42.6 Å². The van der Waals surface area contributed by atoms with Gasteiger partial charge in [0.15, 0.2) is 23.7 Å². The summed E-state index contributed by atoms with van der Waals surface area (Å²) in [7, 11) is 4.09. The molecule has 2 rings (SSSR count). The topological polar surface area (TPSA) is 168 Å². The number of rotatable bonds is 10. The molecule has 1 saturated heterocycles. The highest BCUT2D eigenvalue weighted by atomic mass is 16.7. The molecule has 0 amide bonds. The van der Waals surface area contributed by atoms with Crippen molar-refractivity contribution < 1.29 is 66.6 Å². The molecule has 0 aromatic heterocycles. The second-order valence-electron chi connectivity index (χ2n) is 7.89. The van der Waals surface area contributed by atoms with Gasteiger partial charge in [-0.1, -0.05) is 0 Å². The molecule has 1 fully saturated rings. The number of hydrogen-bond acceptors (Lipinski definition) is 14. The van der Waals surface area contributed by atoms with E-state index in [2.05, 4.69) is 0 Å². The van der Waals surface area contributed by atoms with Crippen LogP contribution in [0.3, 0.4) is 0 Å². The lowest BCUT2D eigenvalue weighted by Gasteiger charge is -2.43. The van der Waals surface area contributed by atoms with Gasteiger partial charge in [0.2, 0.25) is 18.1 Å². The van der Waals surface area contributed by atoms with Gasteiger partial charge in [-0.15, -0.1) is 0 Å². The monoisotopic (exact) mass is 542 g/mol. The van der Waals surface area contributed by atoms with Gasteiger partial charge in [-0.05, 0) is 12.1 Å². The molecule has 1 aliphatic heterocycles. The average Bonchev–Trinajstić information content (AvgIpc) is 2.84. The Morgan fingerprint density at radius 1 is 0.684 bits per heavy atom. The third-order valence-electron chi connectivity index (χ3n) is 5.07. The van der Waals surface area contributed by atoms with Crippen LogP contribution in [0, 0.1) is 0 Å². The van der Waals surface area contributed by atoms with E-state index in [0.717, 1.165) is 27.7 Å². The van der Waals surface area contributed by atoms with Crippen molar-refractivity contribution in [1.82, 2.24) is 0 Å². The Bertz CT molecular complexity index is 1030. The van der Waals surface area contributed by atoms with E-state index >= 15 is 0 Å². The van der Waals surface area contributed by atoms with Crippen molar-refractivity contribution in [3.05, 3.63) is 17.7 Å². The van der Waals surface area contributed by atoms with Crippen LogP contribution >= 0.6 is 0 Å². The zero-order chi connectivity index (χ0) is 28.6. The van der Waals surface area contributed by atoms with Crippen molar-refractivity contribution in [1.29, 1.82) is 0 Å². The van der Waals surface area contributed by atoms with E-state index in [1.807, 2.05) is 0 Å². The Morgan fingerprint density at radius 3 is 1.63 bits per heavy atom. The van der Waals surface area contributed by atoms with Gasteiger partial charge in [-0.25, -0.2) is 4.79 Å². The summed E-state index contributed by atoms with van der Waals surface area (Å²) in [6, 6.07) is 2.63. The molecule has 0 bridgehead atoms. The van der Waals surface area contributed by atoms with Crippen LogP contribution in [0.25, 0.3) is 0 Å². The molecule has 0 unspecified atom stereocenters. The second-order valence-corrected chi connectivity index (χ2v) is 7.89. The van der Waals surface area contributed by atoms with Crippen molar-refractivity contribution in [3.63, 3.8) is 0 Å². The average molecular weight is 542 g/mol. The first kappa shape index (κ1) is 30.2. The smallest absolute Gasteiger partial charge is 0.340 e. The molecule has 38 heavy (non-hydrogen) atoms. The standard InChI is InChI=1S/C24H30O14/c1-11(25)33-10-18-20(34-12(2)26)21(35-13(3)27)22(36-14(4)28)24(37-18)38-23(29)15-8-16(30-5)19(32-7)17(9-15)31-6/h8-9,18,20-22,24H,10H2,1-7H3/t18-,20+,21+,22-,24+/m1/s1. The van der Waals surface area contributed by atoms with E-state index in [0.29, 0.717) is 0 Å². The van der Waals surface area contributed by atoms with Crippen LogP contribution in [-0.4, -0.2) is 88.5 Å². The molecule has 0 spiro atoms. The van der Waals surface area contributed by atoms with Crippen LogP contribution in [-0.2, 0) is 47.6 Å². The van der Waals surface area contributed by atoms with E-state index < -0.39 is 67.2 Å². The van der Waals surface area contributed by atoms with Gasteiger partial charge in [0.25, 0.3) is 0 Å². The Morgan fingerprint density at radius 2 is 1.18 bits per heavy atom. The molecule has 210 valence electrons. The lowest BCUT2D eigenvalue weighted by molar-refractivity contribution is -0.294. The van der Waals surface area contributed by atoms with Gasteiger partial charge in [-0.3, -0.25) is 19.2 Å². The molecule has 0 aliphatic carbocycles. The lowest BCUT2D eigenvalue weighted by atomic mass is 9.98. The van der Waals surface area contributed by atoms with Crippen LogP contribution in [0.4, 0.5) is 0 Å². The lowest BCUT2D eigenvalue weighted by Crippen LogP contribution is -2.63. The SMILES string of the molecule is COc1cc(C(=O)O[C@@H]2O[C@H](COC(C)=O)[C@H](OC(C)=O)[C@H](OC(C)=O)[C@H]2OC(C)=O)cc(OC)c1OC. The van der Waals surface area contributed by atoms with Crippen molar-refractivity contribution in [2.45, 2.75) is 58.4 Å². The van der Waals surface area contributed by atoms with Gasteiger partial charge >= 0.3 is 29.8 Å². The van der Waals surface area contributed by atoms with Crippen LogP contribution in [0.2, 0.25) is 0 Å². The number of carbonyl (C=O) groups excluding carboxylic acids is 5. The zero-order valence-corrected chi connectivity index (χ0v) is 22.0. The summed E-state index contributed by atoms with van der Waals surface area (Å²) in [6.07, 6.45) is -7.43. The maximum atomic E-state index is 13.2. The minimum atomic E-state index is -1.69. The summed E-state index contributed by atoms with van der Waals surface area (Å²) >= 11 is 0. The van der Waals surface area contributed by atoms with Gasteiger partial charge in [0, 0.05) is 27.7 Å². The number of ether oxygens (including phenoxy) is 9. The number of benzene rings is 1. The zero-order valence-electron chi connectivity index (χ0n) is 22.0. The second kappa shape index (κ2) is 13.5. The predicted molar refractivity (Wildman–Crippen MR) is 123 cm³/mol. The highest BCUT2D eigenvalue weighted by molar-refractivity contribution is 5.91. The van der Waals surface area contributed by atoms with Gasteiger partial charge in [0.1, 0.15) is 12.7 Å². The molecule has 0 radical (unpaired) electrons. The maximum Gasteiger partial charge on any atom is 0.340 e. The van der Waals surface area contributed by atoms with E-state index in [9.17, 15) is 24.0 Å². The molecule has 1 aromatic rings. The number of hydrogen-bond donors (Lipinski definition) is 0. The predicted octanol–water partition coefficient (Wildman–Crippen LogP) is 0.952. The molecule has 1 heterocycles. The van der Waals surface area contributed by atoms with E-state index in [4.69, 9.17) is 42.6 Å². The summed E-state index contributed by atoms with van der Waals surface area (Å²) in [6.45, 7) is 3.88. The normalized spacial score (nSPS) is 22.3. The first-order valence-electron chi connectivity index (χ1n) is 11.2. The fourth-order valence-corrected chi connectivity index (χ4v) is 3.66. The third kappa shape index (κ3) is 7.71. The fraction of sp³-hybridized carbons (Fsp3) is 0.542. The molecule has 0 N–H and O–H groups in total. The first-order chi connectivity index (χ1) is 17.9. The van der Waals surface area contributed by atoms with E-state index in [1.54, 1.807) is 0 Å². The quantitative estimate of drug-likeness (QED) is 0.302. The summed E-state index contributed by atoms with van der Waals surface area (Å²) < 4.78 is 47.9. The summed E-state index contributed by atoms with van der Waals surface area (Å²) in [5.41, 5.74) is -0.0626. The van der Waals surface area contributed by atoms with Crippen molar-refractivity contribution >= 4 is 29.8 Å². The van der Waals surface area contributed by atoms with Crippen molar-refractivity contribution in [2.75, 3.05) is 27.9 Å². The van der Waals surface area contributed by atoms with Crippen LogP contribution in [0.5, 0.6) is 17.2 Å². The number of carbonyl (C=O) groups is 5. The minimum absolute atomic E-state index is 0.0626. The molecular weight excluding hydrogens is 512 g/mol. The third-order valence-corrected chi connectivity index (χ3v) is 5.07. The Hall–Kier alpha value is -4.07. The Kier molecular flexibility index (Phi) is 10.7. The van der Waals surface area contributed by atoms with Crippen LogP contribution < -0.4 is 14.2 Å². The fourth-order valence-electron chi connectivity index (χ4n) is 3.66. The minimum Gasteiger partial charge on any atom is -0.493 e. The largest absolute Gasteiger partial charge is 0.493 e. The summed E-state index contributed by atoms with van der Waals surface area (Å²) in [4.78, 5) is 60.3. The van der Waals surface area contributed by atoms with Gasteiger partial charge in [-0.2, -0.15) is 0 Å². The number of methoxy groups -OCH3 is 3. The molecular formula is C24H30O14. The Balaban J connectivity index is 2.52. The van der Waals surface area contributed by atoms with Gasteiger partial charge in [0.05, 0.1) is 26.9 Å². The van der Waals surface area contributed by atoms with E-state index in [-0.39, 0.29) is 22.8 Å². The molecule has 5 atom stereocenters. The first-order valence-corrected chi connectivity index (χ1v) is 11.2. The molecule has 14 heteroatoms. The molecule has 0 saturated carbocycles. The summed E-state index contributed by atoms with van der Waals surface area (Å²) in [5, 5.41) is 0. The number of esters is 5. The Labute approximate surface area is 218 Å². The highest BCUT2D eigenvalue weighted by Gasteiger charge is 2.53. The van der Waals surface area contributed by atoms with Crippen LogP contribution in [0.1, 0.15) is 38.1 Å². The highest BCUT2D eigenvalue weighted by Crippen LogP contribution is 2.39. The van der Waals surface area contributed by atoms with Crippen molar-refractivity contribution in [2.24, 2.45) is 0 Å². The van der Waals surface area contributed by atoms with Crippen molar-refractivity contribution in [3.8, 4) is 17.2 Å². The van der Waals surface area contributed by atoms with E-state index in [1.165, 1.54) is 33.5 Å². The maximum absolute atomic E-state index is 13.2.